The van der Waals surface area contributed by atoms with Gasteiger partial charge in [-0.15, -0.1) is 0 Å². The van der Waals surface area contributed by atoms with Crippen molar-refractivity contribution in [3.8, 4) is 11.4 Å². The van der Waals surface area contributed by atoms with Crippen LogP contribution in [0.25, 0.3) is 11.4 Å². The van der Waals surface area contributed by atoms with E-state index in [-0.39, 0.29) is 17.5 Å². The Balaban J connectivity index is 1.44. The molecule has 0 unspecified atom stereocenters. The lowest BCUT2D eigenvalue weighted by Gasteiger charge is -2.44. The summed E-state index contributed by atoms with van der Waals surface area (Å²) >= 11 is 0. The Morgan fingerprint density at radius 2 is 0.936 bits per heavy atom. The van der Waals surface area contributed by atoms with Crippen molar-refractivity contribution in [1.82, 2.24) is 15.0 Å². The molecule has 0 radical (unpaired) electrons. The molecule has 6 aromatic rings. The molecule has 47 heavy (non-hydrogen) atoms. The summed E-state index contributed by atoms with van der Waals surface area (Å²) < 4.78 is 0. The third kappa shape index (κ3) is 4.82. The molecule has 8 rings (SSSR count). The first-order valence-corrected chi connectivity index (χ1v) is 16.4. The summed E-state index contributed by atoms with van der Waals surface area (Å²) in [5.74, 6) is 0.652. The third-order valence-electron chi connectivity index (χ3n) is 9.62. The second-order valence-corrected chi connectivity index (χ2v) is 14.7. The maximum absolute atomic E-state index is 4.61. The van der Waals surface area contributed by atoms with Crippen molar-refractivity contribution in [1.29, 1.82) is 0 Å². The van der Waals surface area contributed by atoms with Gasteiger partial charge < -0.3 is 9.80 Å². The van der Waals surface area contributed by atoms with Gasteiger partial charge in [0.15, 0.2) is 5.82 Å². The van der Waals surface area contributed by atoms with Gasteiger partial charge in [0.2, 0.25) is 0 Å². The molecule has 6 heteroatoms. The van der Waals surface area contributed by atoms with E-state index in [0.29, 0.717) is 5.82 Å². The Morgan fingerprint density at radius 3 is 1.36 bits per heavy atom. The van der Waals surface area contributed by atoms with Crippen LogP contribution < -0.4 is 26.2 Å². The van der Waals surface area contributed by atoms with E-state index >= 15 is 0 Å². The molecule has 1 aromatic heterocycles. The topological polar surface area (TPSA) is 45.2 Å². The van der Waals surface area contributed by atoms with Crippen molar-refractivity contribution < 1.29 is 0 Å². The summed E-state index contributed by atoms with van der Waals surface area (Å²) in [4.78, 5) is 18.2. The SMILES string of the molecule is CC(C)(C)c1ccc(N2c3ccccc3B3c4ccccc4N(c4ccc(C(C)(C)C)cc4)c4cc(-c5ncncn5)cc2c43)cc1. The van der Waals surface area contributed by atoms with E-state index < -0.39 is 0 Å². The van der Waals surface area contributed by atoms with Gasteiger partial charge in [-0.3, -0.25) is 0 Å². The van der Waals surface area contributed by atoms with Crippen LogP contribution in [0.5, 0.6) is 0 Å². The zero-order chi connectivity index (χ0) is 32.5. The molecule has 0 N–H and O–H groups in total. The molecule has 0 aliphatic carbocycles. The number of benzene rings is 5. The molecule has 5 nitrogen and oxygen atoms in total. The van der Waals surface area contributed by atoms with Gasteiger partial charge in [0.1, 0.15) is 12.7 Å². The van der Waals surface area contributed by atoms with Crippen LogP contribution in [0.4, 0.5) is 34.1 Å². The van der Waals surface area contributed by atoms with Crippen LogP contribution in [-0.2, 0) is 10.8 Å². The number of hydrogen-bond acceptors (Lipinski definition) is 5. The van der Waals surface area contributed by atoms with E-state index in [1.54, 1.807) is 12.7 Å². The molecule has 230 valence electrons. The standard InChI is InChI=1S/C41H38BN5/c1-40(2,3)28-15-19-30(20-16-28)46-34-13-9-7-11-32(34)42-33-12-8-10-14-35(33)47(31-21-17-29(18-22-31)41(4,5)6)37-24-27(23-36(46)38(37)42)39-44-25-43-26-45-39/h7-26H,1-6H3. The molecule has 5 aromatic carbocycles. The van der Waals surface area contributed by atoms with Crippen LogP contribution in [0.2, 0.25) is 0 Å². The molecule has 0 spiro atoms. The van der Waals surface area contributed by atoms with Gasteiger partial charge in [-0.05, 0) is 86.9 Å². The smallest absolute Gasteiger partial charge is 0.252 e. The van der Waals surface area contributed by atoms with E-state index in [0.717, 1.165) is 28.3 Å². The van der Waals surface area contributed by atoms with Crippen LogP contribution in [0.1, 0.15) is 52.7 Å². The second-order valence-electron chi connectivity index (χ2n) is 14.7. The Labute approximate surface area is 278 Å². The highest BCUT2D eigenvalue weighted by Crippen LogP contribution is 2.46. The predicted octanol–water partition coefficient (Wildman–Crippen LogP) is 8.22. The van der Waals surface area contributed by atoms with Crippen LogP contribution >= 0.6 is 0 Å². The highest BCUT2D eigenvalue weighted by molar-refractivity contribution is 7.00. The molecule has 2 aliphatic rings. The minimum atomic E-state index is 0.0634. The first kappa shape index (κ1) is 29.2. The Bertz CT molecular complexity index is 1980. The summed E-state index contributed by atoms with van der Waals surface area (Å²) in [5.41, 5.74) is 14.5. The fourth-order valence-corrected chi connectivity index (χ4v) is 7.19. The van der Waals surface area contributed by atoms with Crippen molar-refractivity contribution in [2.75, 3.05) is 9.80 Å². The fourth-order valence-electron chi connectivity index (χ4n) is 7.19. The Hall–Kier alpha value is -5.23. The normalized spacial score (nSPS) is 13.6. The summed E-state index contributed by atoms with van der Waals surface area (Å²) in [6.45, 7) is 13.6. The lowest BCUT2D eigenvalue weighted by Crippen LogP contribution is -2.61. The van der Waals surface area contributed by atoms with Gasteiger partial charge in [0.05, 0.1) is 0 Å². The van der Waals surface area contributed by atoms with Gasteiger partial charge in [0, 0.05) is 39.7 Å². The Morgan fingerprint density at radius 1 is 0.511 bits per heavy atom. The molecule has 0 fully saturated rings. The minimum absolute atomic E-state index is 0.0634. The average Bonchev–Trinajstić information content (AvgIpc) is 3.08. The molecule has 2 aliphatic heterocycles. The van der Waals surface area contributed by atoms with Crippen LogP contribution in [-0.4, -0.2) is 21.7 Å². The number of anilines is 6. The zero-order valence-electron chi connectivity index (χ0n) is 27.9. The van der Waals surface area contributed by atoms with Gasteiger partial charge in [-0.2, -0.15) is 0 Å². The van der Waals surface area contributed by atoms with Crippen molar-refractivity contribution in [2.24, 2.45) is 0 Å². The summed E-state index contributed by atoms with van der Waals surface area (Å²) in [6.07, 6.45) is 3.15. The number of nitrogens with zero attached hydrogens (tertiary/aromatic N) is 5. The number of hydrogen-bond donors (Lipinski definition) is 0. The predicted molar refractivity (Wildman–Crippen MR) is 197 cm³/mol. The van der Waals surface area contributed by atoms with Gasteiger partial charge >= 0.3 is 0 Å². The summed E-state index contributed by atoms with van der Waals surface area (Å²) in [5, 5.41) is 0. The molecule has 0 saturated heterocycles. The van der Waals surface area contributed by atoms with Crippen LogP contribution in [0.15, 0.2) is 122 Å². The highest BCUT2D eigenvalue weighted by Gasteiger charge is 2.43. The molecular formula is C41H38BN5. The largest absolute Gasteiger partial charge is 0.311 e. The van der Waals surface area contributed by atoms with E-state index in [1.165, 1.54) is 38.9 Å². The monoisotopic (exact) mass is 611 g/mol. The van der Waals surface area contributed by atoms with Crippen molar-refractivity contribution in [2.45, 2.75) is 52.4 Å². The van der Waals surface area contributed by atoms with Crippen molar-refractivity contribution in [3.05, 3.63) is 133 Å². The summed E-state index contributed by atoms with van der Waals surface area (Å²) in [7, 11) is 0. The van der Waals surface area contributed by atoms with Gasteiger partial charge in [-0.1, -0.05) is 102 Å². The Kier molecular flexibility index (Phi) is 6.62. The number of fused-ring (bicyclic) bond motifs is 4. The van der Waals surface area contributed by atoms with Crippen LogP contribution in [0, 0.1) is 0 Å². The zero-order valence-corrected chi connectivity index (χ0v) is 27.9. The summed E-state index contributed by atoms with van der Waals surface area (Å²) in [6, 6.07) is 40.4. The molecule has 0 amide bonds. The average molecular weight is 612 g/mol. The van der Waals surface area contributed by atoms with E-state index in [9.17, 15) is 0 Å². The van der Waals surface area contributed by atoms with Crippen molar-refractivity contribution in [3.63, 3.8) is 0 Å². The maximum atomic E-state index is 4.61. The lowest BCUT2D eigenvalue weighted by atomic mass is 9.33. The minimum Gasteiger partial charge on any atom is -0.311 e. The molecule has 0 atom stereocenters. The fraction of sp³-hybridized carbons (Fsp3) is 0.195. The molecule has 0 bridgehead atoms. The van der Waals surface area contributed by atoms with E-state index in [2.05, 4.69) is 175 Å². The molecule has 0 saturated carbocycles. The quantitative estimate of drug-likeness (QED) is 0.189. The first-order valence-electron chi connectivity index (χ1n) is 16.4. The first-order chi connectivity index (χ1) is 22.6. The van der Waals surface area contributed by atoms with Gasteiger partial charge in [0.25, 0.3) is 6.71 Å². The number of rotatable bonds is 3. The van der Waals surface area contributed by atoms with Crippen LogP contribution in [0.3, 0.4) is 0 Å². The maximum Gasteiger partial charge on any atom is 0.252 e. The van der Waals surface area contributed by atoms with E-state index in [4.69, 9.17) is 0 Å². The van der Waals surface area contributed by atoms with Gasteiger partial charge in [-0.25, -0.2) is 15.0 Å². The second kappa shape index (κ2) is 10.7. The lowest BCUT2D eigenvalue weighted by molar-refractivity contribution is 0.590. The highest BCUT2D eigenvalue weighted by atomic mass is 15.2. The van der Waals surface area contributed by atoms with E-state index in [1.807, 2.05) is 0 Å². The third-order valence-corrected chi connectivity index (χ3v) is 9.62. The molecular weight excluding hydrogens is 573 g/mol. The number of para-hydroxylation sites is 2. The molecule has 3 heterocycles. The van der Waals surface area contributed by atoms with Crippen molar-refractivity contribution >= 4 is 57.2 Å². The number of aromatic nitrogens is 3.